The summed E-state index contributed by atoms with van der Waals surface area (Å²) in [6, 6.07) is 4.03. The first-order chi connectivity index (χ1) is 13.8. The van der Waals surface area contributed by atoms with Crippen LogP contribution in [0.1, 0.15) is 29.5 Å². The predicted octanol–water partition coefficient (Wildman–Crippen LogP) is 2.95. The Bertz CT molecular complexity index is 814. The highest BCUT2D eigenvalue weighted by Crippen LogP contribution is 2.34. The minimum atomic E-state index is -4.45. The lowest BCUT2D eigenvalue weighted by atomic mass is 9.80. The molecule has 6 nitrogen and oxygen atoms in total. The van der Waals surface area contributed by atoms with E-state index in [-0.39, 0.29) is 31.1 Å². The van der Waals surface area contributed by atoms with Gasteiger partial charge in [0.25, 0.3) is 0 Å². The Morgan fingerprint density at radius 1 is 1.10 bits per heavy atom. The van der Waals surface area contributed by atoms with Crippen molar-refractivity contribution < 1.29 is 28.1 Å². The first-order valence-corrected chi connectivity index (χ1v) is 9.35. The Hall–Kier alpha value is -2.39. The maximum Gasteiger partial charge on any atom is 0.416 e. The molecule has 3 rings (SSSR count). The van der Waals surface area contributed by atoms with Crippen molar-refractivity contribution in [2.45, 2.75) is 32.5 Å². The Labute approximate surface area is 167 Å². The molecule has 1 aliphatic rings. The number of aromatic nitrogens is 2. The highest BCUT2D eigenvalue weighted by Gasteiger charge is 2.35. The smallest absolute Gasteiger partial charge is 0.416 e. The van der Waals surface area contributed by atoms with Crippen molar-refractivity contribution in [1.29, 1.82) is 0 Å². The molecule has 1 fully saturated rings. The average Bonchev–Trinajstić information content (AvgIpc) is 2.72. The minimum Gasteiger partial charge on any atom is -0.486 e. The van der Waals surface area contributed by atoms with Crippen molar-refractivity contribution >= 4 is 5.95 Å². The van der Waals surface area contributed by atoms with Gasteiger partial charge in [-0.3, -0.25) is 0 Å². The van der Waals surface area contributed by atoms with Gasteiger partial charge >= 0.3 is 6.18 Å². The van der Waals surface area contributed by atoms with Gasteiger partial charge in [0, 0.05) is 24.1 Å². The zero-order chi connectivity index (χ0) is 21.1. The molecule has 0 aliphatic carbocycles. The summed E-state index contributed by atoms with van der Waals surface area (Å²) in [6.07, 6.45) is -0.330. The number of halogens is 3. The minimum absolute atomic E-state index is 0.0657. The van der Waals surface area contributed by atoms with Crippen LogP contribution in [-0.4, -0.2) is 46.5 Å². The number of hydrogen-bond acceptors (Lipinski definition) is 6. The SMILES string of the molecule is Cc1cccc(C(F)(F)F)c1COc1cnc(N2CCC(CO)(CO)CC2)nc1. The van der Waals surface area contributed by atoms with E-state index >= 15 is 0 Å². The first kappa shape index (κ1) is 21.3. The maximum absolute atomic E-state index is 13.2. The Kier molecular flexibility index (Phi) is 6.28. The van der Waals surface area contributed by atoms with Crippen LogP contribution in [0.4, 0.5) is 19.1 Å². The van der Waals surface area contributed by atoms with E-state index in [9.17, 15) is 23.4 Å². The quantitative estimate of drug-likeness (QED) is 0.761. The van der Waals surface area contributed by atoms with Gasteiger partial charge in [0.15, 0.2) is 5.75 Å². The largest absolute Gasteiger partial charge is 0.486 e. The van der Waals surface area contributed by atoms with Crippen molar-refractivity contribution in [2.24, 2.45) is 5.41 Å². The van der Waals surface area contributed by atoms with Crippen molar-refractivity contribution in [2.75, 3.05) is 31.2 Å². The summed E-state index contributed by atoms with van der Waals surface area (Å²) in [5.41, 5.74) is -0.588. The Morgan fingerprint density at radius 3 is 2.28 bits per heavy atom. The van der Waals surface area contributed by atoms with Gasteiger partial charge in [0.2, 0.25) is 5.95 Å². The highest BCUT2D eigenvalue weighted by atomic mass is 19.4. The molecule has 9 heteroatoms. The summed E-state index contributed by atoms with van der Waals surface area (Å²) >= 11 is 0. The van der Waals surface area contributed by atoms with Crippen LogP contribution in [-0.2, 0) is 12.8 Å². The summed E-state index contributed by atoms with van der Waals surface area (Å²) in [7, 11) is 0. The van der Waals surface area contributed by atoms with Crippen LogP contribution in [0.25, 0.3) is 0 Å². The summed E-state index contributed by atoms with van der Waals surface area (Å²) in [5.74, 6) is 0.760. The number of benzene rings is 1. The van der Waals surface area contributed by atoms with E-state index in [2.05, 4.69) is 9.97 Å². The van der Waals surface area contributed by atoms with Gasteiger partial charge in [-0.1, -0.05) is 12.1 Å². The molecule has 0 radical (unpaired) electrons. The lowest BCUT2D eigenvalue weighted by Crippen LogP contribution is -2.44. The molecule has 0 amide bonds. The van der Waals surface area contributed by atoms with Crippen LogP contribution >= 0.6 is 0 Å². The number of aryl methyl sites for hydroxylation is 1. The van der Waals surface area contributed by atoms with Crippen molar-refractivity contribution in [3.05, 3.63) is 47.3 Å². The molecule has 2 heterocycles. The fourth-order valence-corrected chi connectivity index (χ4v) is 3.41. The summed E-state index contributed by atoms with van der Waals surface area (Å²) in [4.78, 5) is 10.4. The number of alkyl halides is 3. The van der Waals surface area contributed by atoms with Crippen LogP contribution in [0, 0.1) is 12.3 Å². The van der Waals surface area contributed by atoms with E-state index < -0.39 is 17.2 Å². The van der Waals surface area contributed by atoms with Gasteiger partial charge in [0.1, 0.15) is 6.61 Å². The average molecular weight is 411 g/mol. The Balaban J connectivity index is 1.64. The monoisotopic (exact) mass is 411 g/mol. The molecule has 0 unspecified atom stereocenters. The topological polar surface area (TPSA) is 78.7 Å². The normalized spacial score (nSPS) is 16.7. The molecule has 0 saturated carbocycles. The van der Waals surface area contributed by atoms with Gasteiger partial charge < -0.3 is 19.8 Å². The van der Waals surface area contributed by atoms with E-state index in [1.165, 1.54) is 18.5 Å². The van der Waals surface area contributed by atoms with Gasteiger partial charge in [-0.15, -0.1) is 0 Å². The molecule has 1 aromatic carbocycles. The van der Waals surface area contributed by atoms with Crippen molar-refractivity contribution in [3.8, 4) is 5.75 Å². The van der Waals surface area contributed by atoms with E-state index in [0.717, 1.165) is 6.07 Å². The second-order valence-corrected chi connectivity index (χ2v) is 7.41. The fraction of sp³-hybridized carbons (Fsp3) is 0.500. The lowest BCUT2D eigenvalue weighted by molar-refractivity contribution is -0.138. The molecular weight excluding hydrogens is 387 g/mol. The zero-order valence-electron chi connectivity index (χ0n) is 16.1. The number of aliphatic hydroxyl groups excluding tert-OH is 2. The predicted molar refractivity (Wildman–Crippen MR) is 101 cm³/mol. The summed E-state index contributed by atoms with van der Waals surface area (Å²) in [6.45, 7) is 2.44. The number of hydrogen-bond donors (Lipinski definition) is 2. The maximum atomic E-state index is 13.2. The summed E-state index contributed by atoms with van der Waals surface area (Å²) < 4.78 is 45.1. The molecular formula is C20H24F3N3O3. The molecule has 1 saturated heterocycles. The third kappa shape index (κ3) is 4.79. The molecule has 0 bridgehead atoms. The number of ether oxygens (including phenoxy) is 1. The van der Waals surface area contributed by atoms with Crippen molar-refractivity contribution in [3.63, 3.8) is 0 Å². The van der Waals surface area contributed by atoms with Crippen LogP contribution in [0.15, 0.2) is 30.6 Å². The Morgan fingerprint density at radius 2 is 1.72 bits per heavy atom. The van der Waals surface area contributed by atoms with E-state index in [1.54, 1.807) is 13.0 Å². The van der Waals surface area contributed by atoms with Crippen LogP contribution in [0.5, 0.6) is 5.75 Å². The van der Waals surface area contributed by atoms with Gasteiger partial charge in [0.05, 0.1) is 31.2 Å². The highest BCUT2D eigenvalue weighted by molar-refractivity contribution is 5.37. The summed E-state index contributed by atoms with van der Waals surface area (Å²) in [5, 5.41) is 19.0. The molecule has 1 aromatic heterocycles. The number of piperidine rings is 1. The van der Waals surface area contributed by atoms with E-state index in [0.29, 0.717) is 37.4 Å². The first-order valence-electron chi connectivity index (χ1n) is 9.35. The van der Waals surface area contributed by atoms with Crippen LogP contribution in [0.3, 0.4) is 0 Å². The standard InChI is InChI=1S/C20H24F3N3O3/c1-14-3-2-4-17(20(21,22)23)16(14)11-29-15-9-24-18(25-10-15)26-7-5-19(12-27,13-28)6-8-26/h2-4,9-10,27-28H,5-8,11-13H2,1H3. The lowest BCUT2D eigenvalue weighted by Gasteiger charge is -2.39. The molecule has 2 N–H and O–H groups in total. The van der Waals surface area contributed by atoms with Crippen LogP contribution in [0.2, 0.25) is 0 Å². The second kappa shape index (κ2) is 8.54. The molecule has 0 spiro atoms. The number of anilines is 1. The van der Waals surface area contributed by atoms with Gasteiger partial charge in [-0.2, -0.15) is 13.2 Å². The third-order valence-corrected chi connectivity index (χ3v) is 5.49. The zero-order valence-corrected chi connectivity index (χ0v) is 16.1. The molecule has 2 aromatic rings. The number of aliphatic hydroxyl groups is 2. The van der Waals surface area contributed by atoms with Crippen LogP contribution < -0.4 is 9.64 Å². The molecule has 158 valence electrons. The number of nitrogens with zero attached hydrogens (tertiary/aromatic N) is 3. The molecule has 29 heavy (non-hydrogen) atoms. The van der Waals surface area contributed by atoms with Gasteiger partial charge in [-0.05, 0) is 31.4 Å². The number of rotatable bonds is 6. The molecule has 1 aliphatic heterocycles. The van der Waals surface area contributed by atoms with Gasteiger partial charge in [-0.25, -0.2) is 9.97 Å². The molecule has 0 atom stereocenters. The second-order valence-electron chi connectivity index (χ2n) is 7.41. The third-order valence-electron chi connectivity index (χ3n) is 5.49. The van der Waals surface area contributed by atoms with E-state index in [1.807, 2.05) is 4.90 Å². The fourth-order valence-electron chi connectivity index (χ4n) is 3.41. The van der Waals surface area contributed by atoms with E-state index in [4.69, 9.17) is 4.74 Å². The van der Waals surface area contributed by atoms with Crippen molar-refractivity contribution in [1.82, 2.24) is 9.97 Å².